The Morgan fingerprint density at radius 2 is 1.59 bits per heavy atom. The number of nitrogens with one attached hydrogen (secondary N) is 1. The predicted octanol–water partition coefficient (Wildman–Crippen LogP) is 4.26. The summed E-state index contributed by atoms with van der Waals surface area (Å²) in [5, 5.41) is 12.1. The normalized spacial score (nSPS) is 10.4. The first-order valence-corrected chi connectivity index (χ1v) is 10.2. The summed E-state index contributed by atoms with van der Waals surface area (Å²) >= 11 is 0. The fourth-order valence-electron chi connectivity index (χ4n) is 2.05. The van der Waals surface area contributed by atoms with Gasteiger partial charge in [0.25, 0.3) is 5.91 Å². The molecule has 0 spiro atoms. The monoisotopic (exact) mass is 381 g/mol. The van der Waals surface area contributed by atoms with Crippen LogP contribution in [-0.2, 0) is 0 Å². The number of aromatic hydroxyl groups is 1. The minimum atomic E-state index is -0.122. The molecule has 0 aromatic heterocycles. The van der Waals surface area contributed by atoms with E-state index in [9.17, 15) is 9.90 Å². The molecule has 0 aliphatic rings. The van der Waals surface area contributed by atoms with E-state index in [-0.39, 0.29) is 11.7 Å². The van der Waals surface area contributed by atoms with E-state index >= 15 is 0 Å². The molecule has 4 N–H and O–H groups in total. The van der Waals surface area contributed by atoms with Crippen molar-refractivity contribution in [1.82, 2.24) is 10.2 Å². The Bertz CT molecular complexity index is 467. The second-order valence-corrected chi connectivity index (χ2v) is 7.45. The Balaban J connectivity index is 0. The zero-order chi connectivity index (χ0) is 21.3. The molecule has 0 saturated carbocycles. The van der Waals surface area contributed by atoms with E-state index in [0.717, 1.165) is 26.1 Å². The van der Waals surface area contributed by atoms with Crippen LogP contribution in [0.2, 0.25) is 0 Å². The van der Waals surface area contributed by atoms with Crippen LogP contribution in [0.15, 0.2) is 24.3 Å². The van der Waals surface area contributed by atoms with Gasteiger partial charge in [-0.3, -0.25) is 4.79 Å². The highest BCUT2D eigenvalue weighted by Gasteiger charge is 2.13. The van der Waals surface area contributed by atoms with Crippen LogP contribution in [0, 0.1) is 5.41 Å². The van der Waals surface area contributed by atoms with Crippen molar-refractivity contribution in [3.63, 3.8) is 0 Å². The molecule has 0 saturated heterocycles. The van der Waals surface area contributed by atoms with E-state index < -0.39 is 0 Å². The lowest BCUT2D eigenvalue weighted by Crippen LogP contribution is -2.38. The molecule has 0 aliphatic heterocycles. The smallest absolute Gasteiger partial charge is 0.251 e. The Hall–Kier alpha value is -1.59. The molecule has 0 heterocycles. The summed E-state index contributed by atoms with van der Waals surface area (Å²) in [6.45, 7) is 18.7. The average Bonchev–Trinajstić information content (AvgIpc) is 2.62. The first-order chi connectivity index (χ1) is 12.7. The lowest BCUT2D eigenvalue weighted by atomic mass is 9.92. The topological polar surface area (TPSA) is 78.6 Å². The average molecular weight is 382 g/mol. The van der Waals surface area contributed by atoms with Gasteiger partial charge in [-0.05, 0) is 42.6 Å². The fraction of sp³-hybridized carbons (Fsp3) is 0.682. The number of hydrogen-bond acceptors (Lipinski definition) is 4. The van der Waals surface area contributed by atoms with Crippen LogP contribution in [0.25, 0.3) is 0 Å². The van der Waals surface area contributed by atoms with Crippen LogP contribution < -0.4 is 11.1 Å². The molecule has 0 aliphatic carbocycles. The van der Waals surface area contributed by atoms with Gasteiger partial charge in [0.05, 0.1) is 0 Å². The number of carbonyl (C=O) groups is 1. The summed E-state index contributed by atoms with van der Waals surface area (Å²) in [5.41, 5.74) is 6.50. The zero-order valence-corrected chi connectivity index (χ0v) is 18.6. The van der Waals surface area contributed by atoms with Gasteiger partial charge in [-0.15, -0.1) is 0 Å². The van der Waals surface area contributed by atoms with Crippen LogP contribution in [0.4, 0.5) is 0 Å². The maximum absolute atomic E-state index is 12.0. The number of rotatable bonds is 8. The summed E-state index contributed by atoms with van der Waals surface area (Å²) < 4.78 is 0. The van der Waals surface area contributed by atoms with Crippen LogP contribution in [0.3, 0.4) is 0 Å². The number of carbonyl (C=O) groups excluding carboxylic acids is 1. The number of benzene rings is 1. The molecule has 1 aromatic carbocycles. The third-order valence-electron chi connectivity index (χ3n) is 3.47. The number of nitrogens with zero attached hydrogens (tertiary/aromatic N) is 1. The molecule has 5 nitrogen and oxygen atoms in total. The molecule has 0 atom stereocenters. The quantitative estimate of drug-likeness (QED) is 0.628. The molecule has 0 unspecified atom stereocenters. The van der Waals surface area contributed by atoms with Crippen molar-refractivity contribution in [2.24, 2.45) is 11.1 Å². The van der Waals surface area contributed by atoms with Gasteiger partial charge < -0.3 is 21.1 Å². The van der Waals surface area contributed by atoms with Gasteiger partial charge in [0, 0.05) is 31.7 Å². The summed E-state index contributed by atoms with van der Waals surface area (Å²) in [7, 11) is 0. The minimum Gasteiger partial charge on any atom is -0.508 e. The standard InChI is InChI=1S/C17H29N3O2.C3H8.C2H6/c1-17(2,3)8-11-20(12-9-18)13-10-19-16(22)14-4-6-15(21)7-5-14;1-3-2;1-2/h4-7,21H,8-13,18H2,1-3H3,(H,19,22);3H2,1-2H3;1-2H3. The molecule has 0 fully saturated rings. The van der Waals surface area contributed by atoms with Crippen molar-refractivity contribution < 1.29 is 9.90 Å². The van der Waals surface area contributed by atoms with Crippen LogP contribution in [0.5, 0.6) is 5.75 Å². The first kappa shape index (κ1) is 27.6. The summed E-state index contributed by atoms with van der Waals surface area (Å²) in [4.78, 5) is 14.3. The van der Waals surface area contributed by atoms with Crippen molar-refractivity contribution in [3.05, 3.63) is 29.8 Å². The van der Waals surface area contributed by atoms with Crippen LogP contribution in [-0.4, -0.2) is 48.6 Å². The van der Waals surface area contributed by atoms with Crippen LogP contribution in [0.1, 0.15) is 71.7 Å². The molecular weight excluding hydrogens is 338 g/mol. The van der Waals surface area contributed by atoms with Crippen molar-refractivity contribution in [2.45, 2.75) is 61.3 Å². The van der Waals surface area contributed by atoms with Crippen molar-refractivity contribution >= 4 is 5.91 Å². The van der Waals surface area contributed by atoms with E-state index in [1.54, 1.807) is 12.1 Å². The fourth-order valence-corrected chi connectivity index (χ4v) is 2.05. The molecule has 158 valence electrons. The lowest BCUT2D eigenvalue weighted by Gasteiger charge is -2.26. The maximum Gasteiger partial charge on any atom is 0.251 e. The maximum atomic E-state index is 12.0. The Morgan fingerprint density at radius 1 is 1.07 bits per heavy atom. The summed E-state index contributed by atoms with van der Waals surface area (Å²) in [6.07, 6.45) is 2.35. The molecule has 5 heteroatoms. The third-order valence-corrected chi connectivity index (χ3v) is 3.47. The van der Waals surface area contributed by atoms with Crippen molar-refractivity contribution in [2.75, 3.05) is 32.7 Å². The number of phenols is 1. The van der Waals surface area contributed by atoms with E-state index in [1.807, 2.05) is 13.8 Å². The molecule has 1 amide bonds. The Kier molecular flexibility index (Phi) is 17.0. The first-order valence-electron chi connectivity index (χ1n) is 10.2. The lowest BCUT2D eigenvalue weighted by molar-refractivity contribution is 0.0947. The second kappa shape index (κ2) is 16.6. The van der Waals surface area contributed by atoms with Crippen LogP contribution >= 0.6 is 0 Å². The Labute approximate surface area is 167 Å². The van der Waals surface area contributed by atoms with Gasteiger partial charge >= 0.3 is 0 Å². The Morgan fingerprint density at radius 3 is 2.04 bits per heavy atom. The highest BCUT2D eigenvalue weighted by Crippen LogP contribution is 2.18. The third kappa shape index (κ3) is 16.3. The molecular formula is C22H43N3O2. The van der Waals surface area contributed by atoms with E-state index in [2.05, 4.69) is 44.8 Å². The second-order valence-electron chi connectivity index (χ2n) is 7.45. The number of phenolic OH excluding ortho intramolecular Hbond substituents is 1. The van der Waals surface area contributed by atoms with Gasteiger partial charge in [-0.1, -0.05) is 54.9 Å². The van der Waals surface area contributed by atoms with Gasteiger partial charge in [-0.25, -0.2) is 0 Å². The van der Waals surface area contributed by atoms with Gasteiger partial charge in [0.1, 0.15) is 5.75 Å². The van der Waals surface area contributed by atoms with Gasteiger partial charge in [0.15, 0.2) is 0 Å². The van der Waals surface area contributed by atoms with E-state index in [1.165, 1.54) is 18.6 Å². The van der Waals surface area contributed by atoms with Crippen molar-refractivity contribution in [1.29, 1.82) is 0 Å². The highest BCUT2D eigenvalue weighted by atomic mass is 16.3. The SMILES string of the molecule is CC.CC(C)(C)CCN(CCN)CCNC(=O)c1ccc(O)cc1.CCC. The summed E-state index contributed by atoms with van der Waals surface area (Å²) in [5.74, 6) is 0.0383. The molecule has 0 radical (unpaired) electrons. The van der Waals surface area contributed by atoms with E-state index in [4.69, 9.17) is 5.73 Å². The van der Waals surface area contributed by atoms with E-state index in [0.29, 0.717) is 24.1 Å². The minimum absolute atomic E-state index is 0.122. The number of hydrogen-bond donors (Lipinski definition) is 3. The molecule has 0 bridgehead atoms. The predicted molar refractivity (Wildman–Crippen MR) is 117 cm³/mol. The highest BCUT2D eigenvalue weighted by molar-refractivity contribution is 5.94. The molecule has 1 rings (SSSR count). The van der Waals surface area contributed by atoms with Gasteiger partial charge in [0.2, 0.25) is 0 Å². The number of nitrogens with two attached hydrogens (primary N) is 1. The molecule has 1 aromatic rings. The summed E-state index contributed by atoms with van der Waals surface area (Å²) in [6, 6.07) is 6.25. The van der Waals surface area contributed by atoms with Gasteiger partial charge in [-0.2, -0.15) is 0 Å². The van der Waals surface area contributed by atoms with Crippen molar-refractivity contribution in [3.8, 4) is 5.75 Å². The largest absolute Gasteiger partial charge is 0.508 e. The zero-order valence-electron chi connectivity index (χ0n) is 18.6. The number of amides is 1. The molecule has 27 heavy (non-hydrogen) atoms.